The molecule has 5 heteroatoms. The maximum atomic E-state index is 11.9. The Morgan fingerprint density at radius 2 is 2.39 bits per heavy atom. The summed E-state index contributed by atoms with van der Waals surface area (Å²) in [4.78, 5) is 23.7. The molecule has 2 heterocycles. The number of piperidine rings is 1. The number of rotatable bonds is 4. The summed E-state index contributed by atoms with van der Waals surface area (Å²) in [6.07, 6.45) is 2.34. The molecule has 0 aromatic carbocycles. The Morgan fingerprint density at radius 1 is 1.56 bits per heavy atom. The van der Waals surface area contributed by atoms with Crippen LogP contribution in [-0.4, -0.2) is 31.3 Å². The molecule has 4 nitrogen and oxygen atoms in total. The van der Waals surface area contributed by atoms with Crippen LogP contribution in [0.2, 0.25) is 0 Å². The van der Waals surface area contributed by atoms with Gasteiger partial charge in [0.1, 0.15) is 0 Å². The van der Waals surface area contributed by atoms with Gasteiger partial charge in [-0.1, -0.05) is 0 Å². The van der Waals surface area contributed by atoms with E-state index in [1.54, 1.807) is 11.4 Å². The van der Waals surface area contributed by atoms with Gasteiger partial charge in [-0.2, -0.15) is 0 Å². The quantitative estimate of drug-likeness (QED) is 0.815. The Morgan fingerprint density at radius 3 is 3.00 bits per heavy atom. The normalized spacial score (nSPS) is 19.5. The number of carbonyl (C=O) groups is 2. The number of amides is 1. The molecule has 2 rings (SSSR count). The van der Waals surface area contributed by atoms with E-state index in [4.69, 9.17) is 0 Å². The lowest BCUT2D eigenvalue weighted by Crippen LogP contribution is -2.37. The fourth-order valence-corrected chi connectivity index (χ4v) is 2.92. The summed E-state index contributed by atoms with van der Waals surface area (Å²) in [5.41, 5.74) is 0.615. The van der Waals surface area contributed by atoms with Crippen LogP contribution >= 0.6 is 11.3 Å². The lowest BCUT2D eigenvalue weighted by molar-refractivity contribution is 0.0949. The van der Waals surface area contributed by atoms with E-state index >= 15 is 0 Å². The van der Waals surface area contributed by atoms with Crippen molar-refractivity contribution in [1.29, 1.82) is 0 Å². The van der Waals surface area contributed by atoms with Gasteiger partial charge in [-0.25, -0.2) is 0 Å². The first-order valence-electron chi connectivity index (χ1n) is 6.25. The first-order valence-corrected chi connectivity index (χ1v) is 7.13. The molecule has 1 aliphatic rings. The van der Waals surface area contributed by atoms with Gasteiger partial charge in [0.2, 0.25) is 0 Å². The number of nitrogens with one attached hydrogen (secondary N) is 2. The summed E-state index contributed by atoms with van der Waals surface area (Å²) < 4.78 is 0. The third-order valence-electron chi connectivity index (χ3n) is 3.18. The average Bonchev–Trinajstić information content (AvgIpc) is 2.87. The van der Waals surface area contributed by atoms with Gasteiger partial charge in [0.05, 0.1) is 4.88 Å². The predicted octanol–water partition coefficient (Wildman–Crippen LogP) is 1.68. The highest BCUT2D eigenvalue weighted by molar-refractivity contribution is 7.12. The Kier molecular flexibility index (Phi) is 4.49. The van der Waals surface area contributed by atoms with Gasteiger partial charge in [0.25, 0.3) is 5.91 Å². The van der Waals surface area contributed by atoms with E-state index in [-0.39, 0.29) is 11.7 Å². The molecule has 0 aliphatic carbocycles. The second kappa shape index (κ2) is 6.11. The Hall–Kier alpha value is -1.20. The van der Waals surface area contributed by atoms with E-state index in [1.807, 2.05) is 0 Å². The van der Waals surface area contributed by atoms with E-state index in [1.165, 1.54) is 24.7 Å². The van der Waals surface area contributed by atoms with Crippen molar-refractivity contribution in [2.24, 2.45) is 5.92 Å². The monoisotopic (exact) mass is 266 g/mol. The SMILES string of the molecule is CC(=O)c1csc(C(=O)NCC2CCCNC2)c1. The highest BCUT2D eigenvalue weighted by atomic mass is 32.1. The van der Waals surface area contributed by atoms with Crippen LogP contribution < -0.4 is 10.6 Å². The number of hydrogen-bond donors (Lipinski definition) is 2. The summed E-state index contributed by atoms with van der Waals surface area (Å²) >= 11 is 1.32. The topological polar surface area (TPSA) is 58.2 Å². The van der Waals surface area contributed by atoms with Crippen LogP contribution in [0.4, 0.5) is 0 Å². The lowest BCUT2D eigenvalue weighted by atomic mass is 10.00. The number of carbonyl (C=O) groups excluding carboxylic acids is 2. The molecular formula is C13H18N2O2S. The molecular weight excluding hydrogens is 248 g/mol. The summed E-state index contributed by atoms with van der Waals surface area (Å²) in [6, 6.07) is 1.67. The molecule has 1 amide bonds. The maximum absolute atomic E-state index is 11.9. The zero-order chi connectivity index (χ0) is 13.0. The molecule has 1 aliphatic heterocycles. The van der Waals surface area contributed by atoms with Crippen molar-refractivity contribution < 1.29 is 9.59 Å². The van der Waals surface area contributed by atoms with E-state index in [0.29, 0.717) is 22.9 Å². The Balaban J connectivity index is 1.84. The van der Waals surface area contributed by atoms with E-state index in [2.05, 4.69) is 10.6 Å². The summed E-state index contributed by atoms with van der Waals surface area (Å²) in [5.74, 6) is 0.454. The molecule has 18 heavy (non-hydrogen) atoms. The fourth-order valence-electron chi connectivity index (χ4n) is 2.06. The smallest absolute Gasteiger partial charge is 0.261 e. The van der Waals surface area contributed by atoms with Gasteiger partial charge in [0, 0.05) is 17.5 Å². The van der Waals surface area contributed by atoms with Crippen LogP contribution in [0.25, 0.3) is 0 Å². The van der Waals surface area contributed by atoms with Crippen LogP contribution in [0.5, 0.6) is 0 Å². The van der Waals surface area contributed by atoms with Crippen molar-refractivity contribution in [2.45, 2.75) is 19.8 Å². The van der Waals surface area contributed by atoms with Crippen LogP contribution in [0.1, 0.15) is 39.8 Å². The predicted molar refractivity (Wildman–Crippen MR) is 72.3 cm³/mol. The molecule has 1 saturated heterocycles. The molecule has 0 bridgehead atoms. The minimum absolute atomic E-state index is 0.00165. The van der Waals surface area contributed by atoms with Crippen LogP contribution in [0.15, 0.2) is 11.4 Å². The second-order valence-corrected chi connectivity index (χ2v) is 5.59. The van der Waals surface area contributed by atoms with Crippen LogP contribution in [-0.2, 0) is 0 Å². The molecule has 98 valence electrons. The summed E-state index contributed by atoms with van der Waals surface area (Å²) in [6.45, 7) is 4.28. The van der Waals surface area contributed by atoms with Crippen molar-refractivity contribution in [1.82, 2.24) is 10.6 Å². The maximum Gasteiger partial charge on any atom is 0.261 e. The van der Waals surface area contributed by atoms with Crippen molar-refractivity contribution in [3.63, 3.8) is 0 Å². The zero-order valence-corrected chi connectivity index (χ0v) is 11.3. The Labute approximate surface area is 111 Å². The second-order valence-electron chi connectivity index (χ2n) is 4.68. The van der Waals surface area contributed by atoms with Gasteiger partial charge >= 0.3 is 0 Å². The first-order chi connectivity index (χ1) is 8.66. The third kappa shape index (κ3) is 3.40. The van der Waals surface area contributed by atoms with Crippen molar-refractivity contribution in [2.75, 3.05) is 19.6 Å². The summed E-state index contributed by atoms with van der Waals surface area (Å²) in [5, 5.41) is 8.00. The largest absolute Gasteiger partial charge is 0.351 e. The van der Waals surface area contributed by atoms with E-state index in [9.17, 15) is 9.59 Å². The van der Waals surface area contributed by atoms with E-state index < -0.39 is 0 Å². The van der Waals surface area contributed by atoms with Crippen LogP contribution in [0.3, 0.4) is 0 Å². The van der Waals surface area contributed by atoms with Gasteiger partial charge in [-0.3, -0.25) is 9.59 Å². The third-order valence-corrected chi connectivity index (χ3v) is 4.11. The number of thiophene rings is 1. The standard InChI is InChI=1S/C13H18N2O2S/c1-9(16)11-5-12(18-8-11)13(17)15-7-10-3-2-4-14-6-10/h5,8,10,14H,2-4,6-7H2,1H3,(H,15,17). The number of Topliss-reactive ketones (excluding diaryl/α,β-unsaturated/α-hetero) is 1. The van der Waals surface area contributed by atoms with Gasteiger partial charge in [0.15, 0.2) is 5.78 Å². The zero-order valence-electron chi connectivity index (χ0n) is 10.5. The minimum atomic E-state index is -0.0712. The Bertz CT molecular complexity index is 436. The molecule has 1 aromatic heterocycles. The van der Waals surface area contributed by atoms with Crippen molar-refractivity contribution >= 4 is 23.0 Å². The molecule has 1 fully saturated rings. The molecule has 1 aromatic rings. The molecule has 1 atom stereocenters. The highest BCUT2D eigenvalue weighted by Gasteiger charge is 2.15. The first kappa shape index (κ1) is 13.2. The number of ketones is 1. The molecule has 1 unspecified atom stereocenters. The highest BCUT2D eigenvalue weighted by Crippen LogP contribution is 2.15. The number of hydrogen-bond acceptors (Lipinski definition) is 4. The van der Waals surface area contributed by atoms with E-state index in [0.717, 1.165) is 19.5 Å². The molecule has 0 radical (unpaired) electrons. The molecule has 2 N–H and O–H groups in total. The van der Waals surface area contributed by atoms with Crippen molar-refractivity contribution in [3.8, 4) is 0 Å². The van der Waals surface area contributed by atoms with Crippen molar-refractivity contribution in [3.05, 3.63) is 21.9 Å². The molecule has 0 saturated carbocycles. The van der Waals surface area contributed by atoms with Crippen LogP contribution in [0, 0.1) is 5.92 Å². The van der Waals surface area contributed by atoms with Gasteiger partial charge in [-0.05, 0) is 44.8 Å². The molecule has 0 spiro atoms. The average molecular weight is 266 g/mol. The summed E-state index contributed by atoms with van der Waals surface area (Å²) in [7, 11) is 0. The lowest BCUT2D eigenvalue weighted by Gasteiger charge is -2.22. The minimum Gasteiger partial charge on any atom is -0.351 e. The van der Waals surface area contributed by atoms with Gasteiger partial charge < -0.3 is 10.6 Å². The van der Waals surface area contributed by atoms with Gasteiger partial charge in [-0.15, -0.1) is 11.3 Å². The fraction of sp³-hybridized carbons (Fsp3) is 0.538.